The number of hydrogen-bond acceptors (Lipinski definition) is 4. The Kier molecular flexibility index (Phi) is 3.45. The third kappa shape index (κ3) is 2.47. The zero-order valence-corrected chi connectivity index (χ0v) is 11.2. The Morgan fingerprint density at radius 3 is 2.86 bits per heavy atom. The van der Waals surface area contributed by atoms with Crippen molar-refractivity contribution >= 4 is 29.0 Å². The fourth-order valence-corrected chi connectivity index (χ4v) is 2.08. The highest BCUT2D eigenvalue weighted by Crippen LogP contribution is 2.20. The molecule has 0 aliphatic rings. The number of nitrogens with zero attached hydrogens (tertiary/aromatic N) is 1. The minimum atomic E-state index is -1.01. The van der Waals surface area contributed by atoms with E-state index in [0.29, 0.717) is 16.5 Å². The summed E-state index contributed by atoms with van der Waals surface area (Å²) in [6.45, 7) is 0. The van der Waals surface area contributed by atoms with Crippen LogP contribution in [0.4, 0.5) is 0 Å². The van der Waals surface area contributed by atoms with Crippen molar-refractivity contribution in [1.29, 1.82) is 0 Å². The van der Waals surface area contributed by atoms with Crippen molar-refractivity contribution in [2.45, 2.75) is 0 Å². The van der Waals surface area contributed by atoms with Crippen LogP contribution in [-0.4, -0.2) is 28.2 Å². The molecule has 3 N–H and O–H groups in total. The number of rotatable bonds is 4. The van der Waals surface area contributed by atoms with Crippen molar-refractivity contribution in [3.63, 3.8) is 0 Å². The summed E-state index contributed by atoms with van der Waals surface area (Å²) in [7, 11) is 0. The number of carbonyl (C=O) groups excluding carboxylic acids is 1. The van der Waals surface area contributed by atoms with Gasteiger partial charge in [0.25, 0.3) is 0 Å². The predicted octanol–water partition coefficient (Wildman–Crippen LogP) is 2.22. The molecule has 0 bridgehead atoms. The van der Waals surface area contributed by atoms with E-state index < -0.39 is 11.9 Å². The third-order valence-corrected chi connectivity index (χ3v) is 3.09. The second-order valence-corrected chi connectivity index (χ2v) is 4.45. The summed E-state index contributed by atoms with van der Waals surface area (Å²) in [6.07, 6.45) is 4.46. The average Bonchev–Trinajstić information content (AvgIpc) is 3.16. The molecule has 2 heterocycles. The van der Waals surface area contributed by atoms with Crippen molar-refractivity contribution < 1.29 is 19.1 Å². The van der Waals surface area contributed by atoms with E-state index in [-0.39, 0.29) is 11.3 Å². The molecule has 0 atom stereocenters. The molecule has 22 heavy (non-hydrogen) atoms. The lowest BCUT2D eigenvalue weighted by Crippen LogP contribution is -2.16. The Hall–Kier alpha value is -3.35. The van der Waals surface area contributed by atoms with E-state index in [1.807, 2.05) is 0 Å². The summed E-state index contributed by atoms with van der Waals surface area (Å²) >= 11 is 0. The number of aromatic carboxylic acids is 1. The van der Waals surface area contributed by atoms with E-state index in [1.54, 1.807) is 24.4 Å². The number of carboxylic acid groups (broad SMARTS) is 1. The number of fused-ring (bicyclic) bond motifs is 1. The zero-order valence-electron chi connectivity index (χ0n) is 11.2. The van der Waals surface area contributed by atoms with Crippen LogP contribution in [0.25, 0.3) is 10.9 Å². The van der Waals surface area contributed by atoms with Crippen LogP contribution in [0.15, 0.2) is 52.3 Å². The smallest absolute Gasteiger partial charge is 0.337 e. The lowest BCUT2D eigenvalue weighted by Gasteiger charge is -1.97. The molecule has 0 aliphatic carbocycles. The molecule has 7 heteroatoms. The third-order valence-electron chi connectivity index (χ3n) is 3.09. The van der Waals surface area contributed by atoms with Gasteiger partial charge in [0.2, 0.25) is 0 Å². The Morgan fingerprint density at radius 1 is 1.27 bits per heavy atom. The number of hydrogen-bond donors (Lipinski definition) is 3. The normalized spacial score (nSPS) is 11.1. The molecule has 2 aromatic heterocycles. The second kappa shape index (κ2) is 5.57. The van der Waals surface area contributed by atoms with Crippen LogP contribution < -0.4 is 5.43 Å². The summed E-state index contributed by atoms with van der Waals surface area (Å²) in [4.78, 5) is 25.7. The number of carbonyl (C=O) groups is 2. The molecule has 0 saturated carbocycles. The number of aromatic nitrogens is 1. The van der Waals surface area contributed by atoms with Gasteiger partial charge < -0.3 is 14.5 Å². The van der Waals surface area contributed by atoms with Gasteiger partial charge in [-0.2, -0.15) is 5.10 Å². The van der Waals surface area contributed by atoms with Crippen molar-refractivity contribution in [3.05, 3.63) is 59.7 Å². The van der Waals surface area contributed by atoms with E-state index in [4.69, 9.17) is 9.52 Å². The molecule has 110 valence electrons. The SMILES string of the molecule is O=C(NN=Cc1c[nH]c2c(C(=O)O)cccc12)c1ccco1. The van der Waals surface area contributed by atoms with Gasteiger partial charge >= 0.3 is 11.9 Å². The summed E-state index contributed by atoms with van der Waals surface area (Å²) in [6, 6.07) is 8.06. The molecule has 0 fully saturated rings. The van der Waals surface area contributed by atoms with Gasteiger partial charge in [0.1, 0.15) is 0 Å². The Bertz CT molecular complexity index is 862. The summed E-state index contributed by atoms with van der Waals surface area (Å²) in [5.74, 6) is -1.32. The van der Waals surface area contributed by atoms with Gasteiger partial charge in [-0.3, -0.25) is 4.79 Å². The van der Waals surface area contributed by atoms with Gasteiger partial charge in [-0.25, -0.2) is 10.2 Å². The first-order valence-electron chi connectivity index (χ1n) is 6.37. The predicted molar refractivity (Wildman–Crippen MR) is 79.0 cm³/mol. The number of para-hydroxylation sites is 1. The minimum absolute atomic E-state index is 0.157. The van der Waals surface area contributed by atoms with E-state index in [2.05, 4.69) is 15.5 Å². The Balaban J connectivity index is 1.82. The first-order chi connectivity index (χ1) is 10.7. The number of amides is 1. The second-order valence-electron chi connectivity index (χ2n) is 4.45. The van der Waals surface area contributed by atoms with Gasteiger partial charge in [0.05, 0.1) is 23.6 Å². The van der Waals surface area contributed by atoms with Crippen LogP contribution >= 0.6 is 0 Å². The van der Waals surface area contributed by atoms with Crippen LogP contribution in [-0.2, 0) is 0 Å². The standard InChI is InChI=1S/C15H11N3O4/c19-14(12-5-2-6-22-12)18-17-8-9-7-16-13-10(9)3-1-4-11(13)15(20)21/h1-8,16H,(H,18,19)(H,20,21). The molecule has 1 aromatic carbocycles. The maximum atomic E-state index is 11.6. The van der Waals surface area contributed by atoms with Crippen molar-refractivity contribution in [2.75, 3.05) is 0 Å². The van der Waals surface area contributed by atoms with Gasteiger partial charge in [0, 0.05) is 17.1 Å². The van der Waals surface area contributed by atoms with Crippen molar-refractivity contribution in [1.82, 2.24) is 10.4 Å². The van der Waals surface area contributed by atoms with Crippen LogP contribution in [0.3, 0.4) is 0 Å². The first-order valence-corrected chi connectivity index (χ1v) is 6.37. The van der Waals surface area contributed by atoms with Crippen molar-refractivity contribution in [2.24, 2.45) is 5.10 Å². The zero-order chi connectivity index (χ0) is 15.5. The molecule has 3 rings (SSSR count). The number of hydrazone groups is 1. The van der Waals surface area contributed by atoms with Gasteiger partial charge in [-0.15, -0.1) is 0 Å². The molecule has 0 saturated heterocycles. The fourth-order valence-electron chi connectivity index (χ4n) is 2.08. The van der Waals surface area contributed by atoms with Crippen LogP contribution in [0.2, 0.25) is 0 Å². The average molecular weight is 297 g/mol. The Labute approximate surface area is 124 Å². The van der Waals surface area contributed by atoms with E-state index in [9.17, 15) is 9.59 Å². The van der Waals surface area contributed by atoms with Gasteiger partial charge in [0.15, 0.2) is 5.76 Å². The van der Waals surface area contributed by atoms with Crippen LogP contribution in [0.5, 0.6) is 0 Å². The molecular formula is C15H11N3O4. The largest absolute Gasteiger partial charge is 0.478 e. The quantitative estimate of drug-likeness (QED) is 0.507. The molecule has 0 aliphatic heterocycles. The monoisotopic (exact) mass is 297 g/mol. The molecule has 3 aromatic rings. The lowest BCUT2D eigenvalue weighted by molar-refractivity contribution is 0.0698. The van der Waals surface area contributed by atoms with E-state index in [1.165, 1.54) is 24.6 Å². The molecule has 7 nitrogen and oxygen atoms in total. The highest BCUT2D eigenvalue weighted by atomic mass is 16.4. The molecule has 0 radical (unpaired) electrons. The van der Waals surface area contributed by atoms with E-state index >= 15 is 0 Å². The molecular weight excluding hydrogens is 286 g/mol. The topological polar surface area (TPSA) is 108 Å². The molecule has 0 unspecified atom stereocenters. The summed E-state index contributed by atoms with van der Waals surface area (Å²) < 4.78 is 4.94. The minimum Gasteiger partial charge on any atom is -0.478 e. The number of nitrogens with one attached hydrogen (secondary N) is 2. The van der Waals surface area contributed by atoms with Gasteiger partial charge in [-0.05, 0) is 18.2 Å². The maximum absolute atomic E-state index is 11.6. The Morgan fingerprint density at radius 2 is 2.14 bits per heavy atom. The van der Waals surface area contributed by atoms with E-state index in [0.717, 1.165) is 0 Å². The number of furan rings is 1. The maximum Gasteiger partial charge on any atom is 0.337 e. The summed E-state index contributed by atoms with van der Waals surface area (Å²) in [5, 5.41) is 13.7. The van der Waals surface area contributed by atoms with Crippen LogP contribution in [0.1, 0.15) is 26.5 Å². The number of aromatic amines is 1. The molecule has 0 spiro atoms. The fraction of sp³-hybridized carbons (Fsp3) is 0. The number of H-pyrrole nitrogens is 1. The molecule has 1 amide bonds. The van der Waals surface area contributed by atoms with Crippen molar-refractivity contribution in [3.8, 4) is 0 Å². The highest BCUT2D eigenvalue weighted by Gasteiger charge is 2.11. The lowest BCUT2D eigenvalue weighted by atomic mass is 10.1. The van der Waals surface area contributed by atoms with Gasteiger partial charge in [-0.1, -0.05) is 12.1 Å². The highest BCUT2D eigenvalue weighted by molar-refractivity contribution is 6.07. The number of carboxylic acids is 1. The first kappa shape index (κ1) is 13.6. The number of benzene rings is 1. The summed E-state index contributed by atoms with van der Waals surface area (Å²) in [5.41, 5.74) is 3.68. The van der Waals surface area contributed by atoms with Crippen LogP contribution in [0, 0.1) is 0 Å².